The lowest BCUT2D eigenvalue weighted by atomic mass is 9.99. The third kappa shape index (κ3) is 4.07. The largest absolute Gasteiger partial charge is 0.324 e. The van der Waals surface area contributed by atoms with Crippen LogP contribution in [0.15, 0.2) is 18.2 Å². The van der Waals surface area contributed by atoms with Crippen LogP contribution in [0.25, 0.3) is 0 Å². The van der Waals surface area contributed by atoms with Gasteiger partial charge in [0.15, 0.2) is 0 Å². The summed E-state index contributed by atoms with van der Waals surface area (Å²) in [7, 11) is 0. The van der Waals surface area contributed by atoms with Crippen LogP contribution >= 0.6 is 0 Å². The van der Waals surface area contributed by atoms with E-state index in [2.05, 4.69) is 12.2 Å². The molecule has 0 aromatic heterocycles. The van der Waals surface area contributed by atoms with Gasteiger partial charge in [-0.1, -0.05) is 31.5 Å². The third-order valence-corrected chi connectivity index (χ3v) is 4.46. The molecule has 1 amide bonds. The van der Waals surface area contributed by atoms with Gasteiger partial charge in [-0.05, 0) is 50.8 Å². The molecule has 0 saturated carbocycles. The molecule has 0 spiro atoms. The molecule has 1 saturated heterocycles. The lowest BCUT2D eigenvalue weighted by Crippen LogP contribution is -2.50. The van der Waals surface area contributed by atoms with E-state index in [1.807, 2.05) is 36.9 Å². The van der Waals surface area contributed by atoms with Gasteiger partial charge in [0.1, 0.15) is 6.17 Å². The van der Waals surface area contributed by atoms with E-state index in [4.69, 9.17) is 0 Å². The molecule has 1 heterocycles. The Kier molecular flexibility index (Phi) is 5.95. The van der Waals surface area contributed by atoms with Crippen molar-refractivity contribution in [2.75, 3.05) is 18.4 Å². The zero-order valence-electron chi connectivity index (χ0n) is 13.9. The number of carbonyl (C=O) groups is 1. The number of benzene rings is 1. The van der Waals surface area contributed by atoms with E-state index in [1.165, 1.54) is 0 Å². The quantitative estimate of drug-likeness (QED) is 0.896. The van der Waals surface area contributed by atoms with E-state index in [0.29, 0.717) is 19.4 Å². The maximum atomic E-state index is 13.7. The summed E-state index contributed by atoms with van der Waals surface area (Å²) >= 11 is 0. The average Bonchev–Trinajstić information content (AvgIpc) is 2.49. The van der Waals surface area contributed by atoms with Crippen LogP contribution in [0.5, 0.6) is 0 Å². The summed E-state index contributed by atoms with van der Waals surface area (Å²) in [5.74, 6) is 0.000373. The van der Waals surface area contributed by atoms with Gasteiger partial charge in [-0.2, -0.15) is 0 Å². The maximum Gasteiger partial charge on any atom is 0.241 e. The molecule has 22 heavy (non-hydrogen) atoms. The highest BCUT2D eigenvalue weighted by Gasteiger charge is 2.32. The van der Waals surface area contributed by atoms with Gasteiger partial charge in [0.25, 0.3) is 0 Å². The zero-order chi connectivity index (χ0) is 16.1. The van der Waals surface area contributed by atoms with Crippen LogP contribution in [0, 0.1) is 13.8 Å². The second-order valence-corrected chi connectivity index (χ2v) is 6.29. The maximum absolute atomic E-state index is 13.7. The van der Waals surface area contributed by atoms with Crippen LogP contribution in [0.2, 0.25) is 0 Å². The van der Waals surface area contributed by atoms with Crippen LogP contribution in [0.3, 0.4) is 0 Å². The Morgan fingerprint density at radius 2 is 2.00 bits per heavy atom. The number of likely N-dealkylation sites (tertiary alicyclic amines) is 1. The van der Waals surface area contributed by atoms with Crippen molar-refractivity contribution in [1.82, 2.24) is 4.90 Å². The molecule has 2 rings (SSSR count). The molecule has 0 aliphatic carbocycles. The Morgan fingerprint density at radius 3 is 2.64 bits per heavy atom. The minimum absolute atomic E-state index is 0.000373. The molecule has 3 nitrogen and oxygen atoms in total. The summed E-state index contributed by atoms with van der Waals surface area (Å²) in [6.07, 6.45) is 2.33. The fourth-order valence-corrected chi connectivity index (χ4v) is 3.12. The summed E-state index contributed by atoms with van der Waals surface area (Å²) in [6, 6.07) is 5.77. The van der Waals surface area contributed by atoms with E-state index in [0.717, 1.165) is 36.2 Å². The summed E-state index contributed by atoms with van der Waals surface area (Å²) in [5, 5.41) is 3.07. The standard InChI is InChI=1S/C18H27FN2O/c1-4-5-11-21-12-15(19)9-10-16(21)18(22)20-17-13(2)7-6-8-14(17)3/h6-8,15-16H,4-5,9-12H2,1-3H3,(H,20,22)/t15-,16-/m0/s1. The van der Waals surface area contributed by atoms with Crippen LogP contribution in [-0.4, -0.2) is 36.1 Å². The summed E-state index contributed by atoms with van der Waals surface area (Å²) in [6.45, 7) is 7.28. The van der Waals surface area contributed by atoms with E-state index in [-0.39, 0.29) is 11.9 Å². The van der Waals surface area contributed by atoms with Crippen molar-refractivity contribution in [3.63, 3.8) is 0 Å². The smallest absolute Gasteiger partial charge is 0.241 e. The molecule has 1 aliphatic rings. The van der Waals surface area contributed by atoms with Crippen LogP contribution in [-0.2, 0) is 4.79 Å². The van der Waals surface area contributed by atoms with Gasteiger partial charge >= 0.3 is 0 Å². The van der Waals surface area contributed by atoms with Crippen molar-refractivity contribution in [2.24, 2.45) is 0 Å². The van der Waals surface area contributed by atoms with Crippen LogP contribution in [0.4, 0.5) is 10.1 Å². The average molecular weight is 306 g/mol. The number of anilines is 1. The number of nitrogens with zero attached hydrogens (tertiary/aromatic N) is 1. The second kappa shape index (κ2) is 7.73. The first-order valence-electron chi connectivity index (χ1n) is 8.28. The molecule has 2 atom stereocenters. The topological polar surface area (TPSA) is 32.3 Å². The number of unbranched alkanes of at least 4 members (excludes halogenated alkanes) is 1. The first-order valence-corrected chi connectivity index (χ1v) is 8.28. The third-order valence-electron chi connectivity index (χ3n) is 4.46. The number of nitrogens with one attached hydrogen (secondary N) is 1. The number of aryl methyl sites for hydroxylation is 2. The number of hydrogen-bond acceptors (Lipinski definition) is 2. The fourth-order valence-electron chi connectivity index (χ4n) is 3.12. The predicted octanol–water partition coefficient (Wildman–Crippen LogP) is 3.84. The summed E-state index contributed by atoms with van der Waals surface area (Å²) < 4.78 is 13.7. The minimum atomic E-state index is -0.805. The van der Waals surface area contributed by atoms with Crippen molar-refractivity contribution in [3.05, 3.63) is 29.3 Å². The van der Waals surface area contributed by atoms with Crippen LogP contribution < -0.4 is 5.32 Å². The lowest BCUT2D eigenvalue weighted by molar-refractivity contribution is -0.123. The molecule has 0 radical (unpaired) electrons. The molecular weight excluding hydrogens is 279 g/mol. The summed E-state index contributed by atoms with van der Waals surface area (Å²) in [4.78, 5) is 14.7. The first kappa shape index (κ1) is 16.9. The number of alkyl halides is 1. The summed E-state index contributed by atoms with van der Waals surface area (Å²) in [5.41, 5.74) is 3.02. The van der Waals surface area contributed by atoms with Crippen molar-refractivity contribution in [1.29, 1.82) is 0 Å². The first-order chi connectivity index (χ1) is 10.5. The van der Waals surface area contributed by atoms with Gasteiger partial charge < -0.3 is 5.32 Å². The molecule has 0 unspecified atom stereocenters. The highest BCUT2D eigenvalue weighted by molar-refractivity contribution is 5.96. The number of hydrogen-bond donors (Lipinski definition) is 1. The number of amides is 1. The Balaban J connectivity index is 2.09. The Morgan fingerprint density at radius 1 is 1.32 bits per heavy atom. The monoisotopic (exact) mass is 306 g/mol. The number of rotatable bonds is 5. The van der Waals surface area contributed by atoms with Gasteiger partial charge in [-0.25, -0.2) is 4.39 Å². The highest BCUT2D eigenvalue weighted by atomic mass is 19.1. The predicted molar refractivity (Wildman–Crippen MR) is 88.9 cm³/mol. The Hall–Kier alpha value is -1.42. The van der Waals surface area contributed by atoms with E-state index in [1.54, 1.807) is 0 Å². The molecule has 1 aliphatic heterocycles. The van der Waals surface area contributed by atoms with E-state index < -0.39 is 6.17 Å². The molecule has 0 bridgehead atoms. The molecule has 1 aromatic rings. The van der Waals surface area contributed by atoms with Crippen molar-refractivity contribution in [2.45, 2.75) is 58.7 Å². The Bertz CT molecular complexity index is 498. The minimum Gasteiger partial charge on any atom is -0.324 e. The van der Waals surface area contributed by atoms with Crippen LogP contribution in [0.1, 0.15) is 43.7 Å². The van der Waals surface area contributed by atoms with E-state index in [9.17, 15) is 9.18 Å². The van der Waals surface area contributed by atoms with Crippen molar-refractivity contribution < 1.29 is 9.18 Å². The van der Waals surface area contributed by atoms with Gasteiger partial charge in [-0.3, -0.25) is 9.69 Å². The molecule has 1 fully saturated rings. The molecule has 1 aromatic carbocycles. The number of carbonyl (C=O) groups excluding carboxylic acids is 1. The van der Waals surface area contributed by atoms with Crippen molar-refractivity contribution >= 4 is 11.6 Å². The van der Waals surface area contributed by atoms with E-state index >= 15 is 0 Å². The van der Waals surface area contributed by atoms with Gasteiger partial charge in [-0.15, -0.1) is 0 Å². The fraction of sp³-hybridized carbons (Fsp3) is 0.611. The number of halogens is 1. The Labute approximate surface area is 132 Å². The van der Waals surface area contributed by atoms with Gasteiger partial charge in [0, 0.05) is 12.2 Å². The normalized spacial score (nSPS) is 22.5. The number of para-hydroxylation sites is 1. The zero-order valence-corrected chi connectivity index (χ0v) is 13.9. The van der Waals surface area contributed by atoms with Gasteiger partial charge in [0.2, 0.25) is 5.91 Å². The molecule has 4 heteroatoms. The highest BCUT2D eigenvalue weighted by Crippen LogP contribution is 2.24. The van der Waals surface area contributed by atoms with Gasteiger partial charge in [0.05, 0.1) is 6.04 Å². The lowest BCUT2D eigenvalue weighted by Gasteiger charge is -2.36. The number of piperidine rings is 1. The molecular formula is C18H27FN2O. The SMILES string of the molecule is CCCCN1C[C@@H](F)CC[C@H]1C(=O)Nc1c(C)cccc1C. The second-order valence-electron chi connectivity index (χ2n) is 6.29. The molecule has 1 N–H and O–H groups in total. The van der Waals surface area contributed by atoms with Crippen molar-refractivity contribution in [3.8, 4) is 0 Å². The molecule has 122 valence electrons.